The number of nitrogens with two attached hydrogens (primary N) is 1. The molecule has 2 aromatic heterocycles. The molecule has 1 fully saturated rings. The number of hydrogen-bond donors (Lipinski definition) is 3. The van der Waals surface area contributed by atoms with Crippen molar-refractivity contribution >= 4 is 50.6 Å². The Labute approximate surface area is 205 Å². The van der Waals surface area contributed by atoms with Crippen LogP contribution in [-0.2, 0) is 4.74 Å². The molecule has 3 aromatic rings. The largest absolute Gasteiger partial charge is 0.490 e. The van der Waals surface area contributed by atoms with Crippen LogP contribution in [-0.4, -0.2) is 42.3 Å². The number of anilines is 3. The number of carbonyl (C=O) groups is 2. The third-order valence-electron chi connectivity index (χ3n) is 6.52. The smallest absolute Gasteiger partial charge is 0.331 e. The van der Waals surface area contributed by atoms with Crippen molar-refractivity contribution in [3.63, 3.8) is 0 Å². The first-order valence-corrected chi connectivity index (χ1v) is 12.5. The summed E-state index contributed by atoms with van der Waals surface area (Å²) in [6, 6.07) is 8.74. The standard InChI is InChI=1S/C25H25N5O4S/c26-17-2-1-3-18(17)28-23(31)22-21-20-19(8-11-27-24(20)35-22)30(25(32)29-21)14-4-6-15(7-5-14)34-16-9-12-33-13-10-16/h3-8,11,16-17H,1-2,9-10,12-13,26H2,(H,28,31)(H,29,32)/t17-/m0/s1. The second-order valence-corrected chi connectivity index (χ2v) is 9.80. The average molecular weight is 492 g/mol. The van der Waals surface area contributed by atoms with Gasteiger partial charge in [-0.1, -0.05) is 6.08 Å². The van der Waals surface area contributed by atoms with Gasteiger partial charge in [0.15, 0.2) is 0 Å². The van der Waals surface area contributed by atoms with Gasteiger partial charge in [-0.25, -0.2) is 9.78 Å². The lowest BCUT2D eigenvalue weighted by Crippen LogP contribution is -2.35. The van der Waals surface area contributed by atoms with Gasteiger partial charge in [0, 0.05) is 30.8 Å². The molecule has 4 heterocycles. The number of benzene rings is 1. The molecular formula is C25H25N5O4S. The summed E-state index contributed by atoms with van der Waals surface area (Å²) in [5, 5.41) is 6.58. The first kappa shape index (κ1) is 22.0. The first-order valence-electron chi connectivity index (χ1n) is 11.7. The number of pyridine rings is 1. The van der Waals surface area contributed by atoms with Crippen LogP contribution in [0.5, 0.6) is 5.75 Å². The summed E-state index contributed by atoms with van der Waals surface area (Å²) in [6.45, 7) is 1.42. The van der Waals surface area contributed by atoms with E-state index in [0.717, 1.165) is 42.5 Å². The number of aromatic nitrogens is 1. The summed E-state index contributed by atoms with van der Waals surface area (Å²) in [5.41, 5.74) is 8.65. The topological polar surface area (TPSA) is 119 Å². The minimum atomic E-state index is -0.340. The molecule has 1 aromatic carbocycles. The van der Waals surface area contributed by atoms with Crippen molar-refractivity contribution in [2.45, 2.75) is 37.8 Å². The van der Waals surface area contributed by atoms with E-state index >= 15 is 0 Å². The van der Waals surface area contributed by atoms with Crippen molar-refractivity contribution < 1.29 is 19.1 Å². The summed E-state index contributed by atoms with van der Waals surface area (Å²) >= 11 is 1.25. The van der Waals surface area contributed by atoms with Crippen molar-refractivity contribution in [3.05, 3.63) is 53.2 Å². The number of amides is 3. The highest BCUT2D eigenvalue weighted by atomic mass is 32.1. The molecule has 0 unspecified atom stereocenters. The van der Waals surface area contributed by atoms with Gasteiger partial charge in [0.05, 0.1) is 35.7 Å². The molecule has 35 heavy (non-hydrogen) atoms. The van der Waals surface area contributed by atoms with Gasteiger partial charge >= 0.3 is 6.03 Å². The Morgan fingerprint density at radius 1 is 1.20 bits per heavy atom. The van der Waals surface area contributed by atoms with Gasteiger partial charge < -0.3 is 25.8 Å². The Balaban J connectivity index is 1.30. The number of nitrogens with one attached hydrogen (secondary N) is 2. The minimum Gasteiger partial charge on any atom is -0.490 e. The van der Waals surface area contributed by atoms with Crippen molar-refractivity contribution in [3.8, 4) is 5.75 Å². The number of ether oxygens (including phenoxy) is 2. The zero-order chi connectivity index (χ0) is 23.9. The Bertz CT molecular complexity index is 1330. The minimum absolute atomic E-state index is 0.139. The first-order chi connectivity index (χ1) is 17.1. The van der Waals surface area contributed by atoms with Crippen LogP contribution in [0.1, 0.15) is 35.4 Å². The third kappa shape index (κ3) is 4.03. The zero-order valence-electron chi connectivity index (χ0n) is 19.0. The quantitative estimate of drug-likeness (QED) is 0.490. The highest BCUT2D eigenvalue weighted by Crippen LogP contribution is 2.45. The summed E-state index contributed by atoms with van der Waals surface area (Å²) in [6.07, 6.45) is 7.12. The Kier molecular flexibility index (Phi) is 5.63. The summed E-state index contributed by atoms with van der Waals surface area (Å²) in [7, 11) is 0. The van der Waals surface area contributed by atoms with Gasteiger partial charge in [-0.3, -0.25) is 9.69 Å². The van der Waals surface area contributed by atoms with Crippen LogP contribution in [0.2, 0.25) is 0 Å². The number of nitrogens with zero attached hydrogens (tertiary/aromatic N) is 2. The van der Waals surface area contributed by atoms with E-state index < -0.39 is 0 Å². The summed E-state index contributed by atoms with van der Waals surface area (Å²) in [4.78, 5) is 33.5. The van der Waals surface area contributed by atoms with E-state index in [-0.39, 0.29) is 24.1 Å². The molecule has 2 aliphatic heterocycles. The molecule has 1 atom stereocenters. The molecule has 3 aliphatic rings. The van der Waals surface area contributed by atoms with Gasteiger partial charge in [0.25, 0.3) is 5.91 Å². The maximum atomic E-state index is 13.3. The van der Waals surface area contributed by atoms with Crippen LogP contribution < -0.4 is 26.0 Å². The highest BCUT2D eigenvalue weighted by molar-refractivity contribution is 7.21. The number of urea groups is 1. The monoisotopic (exact) mass is 491 g/mol. The average Bonchev–Trinajstić information content (AvgIpc) is 3.44. The van der Waals surface area contributed by atoms with E-state index in [4.69, 9.17) is 15.2 Å². The lowest BCUT2D eigenvalue weighted by Gasteiger charge is -2.29. The van der Waals surface area contributed by atoms with E-state index in [2.05, 4.69) is 15.6 Å². The van der Waals surface area contributed by atoms with Crippen LogP contribution >= 0.6 is 11.3 Å². The molecule has 4 N–H and O–H groups in total. The number of thiophene rings is 1. The number of rotatable bonds is 5. The molecule has 180 valence electrons. The molecule has 3 amide bonds. The van der Waals surface area contributed by atoms with Gasteiger partial charge in [0.1, 0.15) is 21.6 Å². The fourth-order valence-electron chi connectivity index (χ4n) is 4.72. The predicted octanol–water partition coefficient (Wildman–Crippen LogP) is 4.27. The fraction of sp³-hybridized carbons (Fsp3) is 0.320. The Morgan fingerprint density at radius 3 is 2.74 bits per heavy atom. The normalized spacial score (nSPS) is 20.0. The van der Waals surface area contributed by atoms with E-state index in [0.29, 0.717) is 40.0 Å². The molecule has 1 saturated heterocycles. The Morgan fingerprint density at radius 2 is 2.00 bits per heavy atom. The number of hydrogen-bond acceptors (Lipinski definition) is 7. The van der Waals surface area contributed by atoms with Gasteiger partial charge in [-0.15, -0.1) is 11.3 Å². The number of carbonyl (C=O) groups excluding carboxylic acids is 2. The van der Waals surface area contributed by atoms with E-state index in [1.165, 1.54) is 11.3 Å². The van der Waals surface area contributed by atoms with E-state index in [9.17, 15) is 9.59 Å². The SMILES string of the molecule is N[C@H]1CCC=C1NC(=O)c1sc2nccc3c2c1NC(=O)N3c1ccc(OC2CCOCC2)cc1. The lowest BCUT2D eigenvalue weighted by molar-refractivity contribution is 0.0256. The highest BCUT2D eigenvalue weighted by Gasteiger charge is 2.33. The third-order valence-corrected chi connectivity index (χ3v) is 7.61. The van der Waals surface area contributed by atoms with Gasteiger partial charge in [-0.2, -0.15) is 0 Å². The zero-order valence-corrected chi connectivity index (χ0v) is 19.8. The van der Waals surface area contributed by atoms with Crippen molar-refractivity contribution in [2.24, 2.45) is 5.73 Å². The molecule has 0 bridgehead atoms. The van der Waals surface area contributed by atoms with Crippen LogP contribution in [0.3, 0.4) is 0 Å². The molecule has 9 nitrogen and oxygen atoms in total. The van der Waals surface area contributed by atoms with Crippen LogP contribution in [0.4, 0.5) is 21.9 Å². The number of allylic oxidation sites excluding steroid dienone is 1. The molecule has 10 heteroatoms. The molecule has 1 aliphatic carbocycles. The van der Waals surface area contributed by atoms with Crippen molar-refractivity contribution in [1.29, 1.82) is 0 Å². The van der Waals surface area contributed by atoms with Crippen LogP contribution in [0.15, 0.2) is 48.3 Å². The molecule has 0 spiro atoms. The van der Waals surface area contributed by atoms with Crippen LogP contribution in [0, 0.1) is 0 Å². The summed E-state index contributed by atoms with van der Waals surface area (Å²) < 4.78 is 11.5. The maximum Gasteiger partial charge on any atom is 0.331 e. The maximum absolute atomic E-state index is 13.3. The van der Waals surface area contributed by atoms with Crippen LogP contribution in [0.25, 0.3) is 10.2 Å². The molecular weight excluding hydrogens is 466 g/mol. The molecule has 0 saturated carbocycles. The molecule has 6 rings (SSSR count). The van der Waals surface area contributed by atoms with Gasteiger partial charge in [0.2, 0.25) is 0 Å². The van der Waals surface area contributed by atoms with Gasteiger partial charge in [-0.05, 0) is 43.2 Å². The summed E-state index contributed by atoms with van der Waals surface area (Å²) in [5.74, 6) is 0.466. The van der Waals surface area contributed by atoms with Crippen molar-refractivity contribution in [2.75, 3.05) is 23.4 Å². The van der Waals surface area contributed by atoms with E-state index in [1.54, 1.807) is 17.2 Å². The lowest BCUT2D eigenvalue weighted by atomic mass is 10.1. The fourth-order valence-corrected chi connectivity index (χ4v) is 5.73. The van der Waals surface area contributed by atoms with E-state index in [1.807, 2.05) is 30.3 Å². The van der Waals surface area contributed by atoms with Crippen molar-refractivity contribution in [1.82, 2.24) is 10.3 Å². The predicted molar refractivity (Wildman–Crippen MR) is 134 cm³/mol. The second-order valence-electron chi connectivity index (χ2n) is 8.80. The molecule has 0 radical (unpaired) electrons. The Hall–Kier alpha value is -3.47. The second kappa shape index (κ2) is 8.95.